The second-order valence-corrected chi connectivity index (χ2v) is 5.74. The summed E-state index contributed by atoms with van der Waals surface area (Å²) in [5, 5.41) is 12.6. The minimum atomic E-state index is -0.143. The van der Waals surface area contributed by atoms with Gasteiger partial charge in [0.2, 0.25) is 5.91 Å². The summed E-state index contributed by atoms with van der Waals surface area (Å²) < 4.78 is 0. The molecule has 0 fully saturated rings. The molecule has 1 amide bonds. The van der Waals surface area contributed by atoms with Gasteiger partial charge in [-0.1, -0.05) is 42.5 Å². The Morgan fingerprint density at radius 2 is 1.58 bits per heavy atom. The summed E-state index contributed by atoms with van der Waals surface area (Å²) in [5.74, 6) is 0.0760. The summed E-state index contributed by atoms with van der Waals surface area (Å²) in [5.41, 5.74) is 7.49. The van der Waals surface area contributed by atoms with Gasteiger partial charge in [0, 0.05) is 13.0 Å². The van der Waals surface area contributed by atoms with Crippen LogP contribution in [0.5, 0.6) is 5.75 Å². The van der Waals surface area contributed by atoms with Gasteiger partial charge in [-0.15, -0.1) is 0 Å². The molecule has 0 unspecified atom stereocenters. The van der Waals surface area contributed by atoms with Crippen LogP contribution in [0.1, 0.15) is 17.5 Å². The summed E-state index contributed by atoms with van der Waals surface area (Å²) in [4.78, 5) is 11.8. The maximum atomic E-state index is 11.8. The average molecular weight is 343 g/mol. The fraction of sp³-hybridized carbons (Fsp3) is 0.222. The van der Waals surface area contributed by atoms with Crippen molar-refractivity contribution in [1.82, 2.24) is 16.2 Å². The van der Waals surface area contributed by atoms with Crippen molar-refractivity contribution in [2.45, 2.75) is 19.3 Å². The molecule has 6 heteroatoms. The van der Waals surface area contributed by atoms with Gasteiger partial charge in [-0.05, 0) is 48.3 Å². The predicted molar refractivity (Wildman–Crippen MR) is 98.5 cm³/mol. The third-order valence-electron chi connectivity index (χ3n) is 3.43. The van der Waals surface area contributed by atoms with E-state index < -0.39 is 0 Å². The van der Waals surface area contributed by atoms with Gasteiger partial charge in [0.1, 0.15) is 5.75 Å². The lowest BCUT2D eigenvalue weighted by atomic mass is 10.1. The van der Waals surface area contributed by atoms with E-state index in [1.807, 2.05) is 18.2 Å². The zero-order chi connectivity index (χ0) is 17.2. The quantitative estimate of drug-likeness (QED) is 0.477. The van der Waals surface area contributed by atoms with Crippen molar-refractivity contribution in [3.8, 4) is 5.75 Å². The van der Waals surface area contributed by atoms with E-state index in [-0.39, 0.29) is 11.7 Å². The molecule has 0 aliphatic heterocycles. The van der Waals surface area contributed by atoms with Gasteiger partial charge >= 0.3 is 0 Å². The highest BCUT2D eigenvalue weighted by Gasteiger charge is 2.03. The molecule has 4 N–H and O–H groups in total. The van der Waals surface area contributed by atoms with Gasteiger partial charge in [0.15, 0.2) is 5.11 Å². The van der Waals surface area contributed by atoms with Crippen molar-refractivity contribution in [2.75, 3.05) is 6.54 Å². The molecule has 0 atom stereocenters. The lowest BCUT2D eigenvalue weighted by molar-refractivity contribution is -0.121. The first-order valence-electron chi connectivity index (χ1n) is 7.78. The first-order valence-corrected chi connectivity index (χ1v) is 8.19. The number of phenolic OH excluding ortho intramolecular Hbond substituents is 1. The summed E-state index contributed by atoms with van der Waals surface area (Å²) >= 11 is 5.12. The number of carbonyl (C=O) groups excluding carboxylic acids is 1. The molecule has 0 radical (unpaired) electrons. The number of thiocarbonyl (C=S) groups is 1. The number of hydrazine groups is 1. The minimum absolute atomic E-state index is 0.143. The molecule has 126 valence electrons. The van der Waals surface area contributed by atoms with E-state index in [2.05, 4.69) is 28.3 Å². The van der Waals surface area contributed by atoms with Gasteiger partial charge in [-0.3, -0.25) is 15.6 Å². The molecular formula is C18H21N3O2S. The van der Waals surface area contributed by atoms with Crippen LogP contribution in [0.25, 0.3) is 0 Å². The van der Waals surface area contributed by atoms with Gasteiger partial charge in [-0.25, -0.2) is 0 Å². The highest BCUT2D eigenvalue weighted by atomic mass is 32.1. The fourth-order valence-corrected chi connectivity index (χ4v) is 2.27. The molecular weight excluding hydrogens is 322 g/mol. The van der Waals surface area contributed by atoms with Crippen LogP contribution in [0.3, 0.4) is 0 Å². The molecule has 2 rings (SSSR count). The molecule has 0 saturated heterocycles. The molecule has 0 saturated carbocycles. The lowest BCUT2D eigenvalue weighted by Gasteiger charge is -2.11. The van der Waals surface area contributed by atoms with Crippen molar-refractivity contribution in [1.29, 1.82) is 0 Å². The van der Waals surface area contributed by atoms with Crippen LogP contribution in [0, 0.1) is 0 Å². The van der Waals surface area contributed by atoms with E-state index in [0.717, 1.165) is 12.0 Å². The summed E-state index contributed by atoms with van der Waals surface area (Å²) in [6.45, 7) is 0.694. The number of amides is 1. The summed E-state index contributed by atoms with van der Waals surface area (Å²) in [7, 11) is 0. The molecule has 2 aromatic carbocycles. The molecule has 0 heterocycles. The Bertz CT molecular complexity index is 660. The Morgan fingerprint density at radius 3 is 2.29 bits per heavy atom. The van der Waals surface area contributed by atoms with Gasteiger partial charge in [-0.2, -0.15) is 0 Å². The van der Waals surface area contributed by atoms with Crippen LogP contribution in [-0.2, 0) is 17.6 Å². The summed E-state index contributed by atoms with van der Waals surface area (Å²) in [6.07, 6.45) is 1.80. The smallest absolute Gasteiger partial charge is 0.238 e. The average Bonchev–Trinajstić information content (AvgIpc) is 2.60. The highest BCUT2D eigenvalue weighted by molar-refractivity contribution is 7.80. The molecule has 0 aliphatic carbocycles. The van der Waals surface area contributed by atoms with Crippen molar-refractivity contribution in [3.63, 3.8) is 0 Å². The zero-order valence-corrected chi connectivity index (χ0v) is 14.1. The Labute approximate surface area is 147 Å². The molecule has 5 nitrogen and oxygen atoms in total. The maximum Gasteiger partial charge on any atom is 0.238 e. The fourth-order valence-electron chi connectivity index (χ4n) is 2.12. The third-order valence-corrected chi connectivity index (χ3v) is 3.68. The van der Waals surface area contributed by atoms with Crippen LogP contribution >= 0.6 is 12.2 Å². The van der Waals surface area contributed by atoms with E-state index in [0.29, 0.717) is 24.5 Å². The van der Waals surface area contributed by atoms with E-state index in [1.54, 1.807) is 24.3 Å². The second kappa shape index (κ2) is 9.52. The highest BCUT2D eigenvalue weighted by Crippen LogP contribution is 2.10. The van der Waals surface area contributed by atoms with Crippen LogP contribution < -0.4 is 16.2 Å². The molecule has 0 aromatic heterocycles. The number of aromatic hydroxyl groups is 1. The Kier molecular flexibility index (Phi) is 7.04. The first-order chi connectivity index (χ1) is 11.6. The number of nitrogens with one attached hydrogen (secondary N) is 3. The van der Waals surface area contributed by atoms with E-state index >= 15 is 0 Å². The first kappa shape index (κ1) is 17.7. The molecule has 0 aliphatic rings. The number of rotatable bonds is 6. The van der Waals surface area contributed by atoms with E-state index in [1.165, 1.54) is 5.56 Å². The van der Waals surface area contributed by atoms with Crippen molar-refractivity contribution in [2.24, 2.45) is 0 Å². The van der Waals surface area contributed by atoms with Crippen LogP contribution in [0.15, 0.2) is 54.6 Å². The number of hydrogen-bond donors (Lipinski definition) is 4. The Morgan fingerprint density at radius 1 is 0.917 bits per heavy atom. The van der Waals surface area contributed by atoms with E-state index in [4.69, 9.17) is 12.2 Å². The number of phenols is 1. The number of benzene rings is 2. The minimum Gasteiger partial charge on any atom is -0.508 e. The van der Waals surface area contributed by atoms with Gasteiger partial charge < -0.3 is 10.4 Å². The van der Waals surface area contributed by atoms with Crippen LogP contribution in [0.4, 0.5) is 0 Å². The maximum absolute atomic E-state index is 11.8. The normalized spacial score (nSPS) is 10.0. The number of carbonyl (C=O) groups is 1. The molecule has 0 spiro atoms. The van der Waals surface area contributed by atoms with Crippen LogP contribution in [0.2, 0.25) is 0 Å². The van der Waals surface area contributed by atoms with Crippen molar-refractivity contribution < 1.29 is 9.90 Å². The number of aryl methyl sites for hydroxylation is 1. The topological polar surface area (TPSA) is 73.4 Å². The number of hydrogen-bond acceptors (Lipinski definition) is 3. The summed E-state index contributed by atoms with van der Waals surface area (Å²) in [6, 6.07) is 16.9. The second-order valence-electron chi connectivity index (χ2n) is 5.33. The molecule has 0 bridgehead atoms. The third kappa shape index (κ3) is 6.66. The van der Waals surface area contributed by atoms with Crippen molar-refractivity contribution >= 4 is 23.2 Å². The SMILES string of the molecule is O=C(CCc1ccc(O)cc1)NNC(=S)NCCc1ccccc1. The largest absolute Gasteiger partial charge is 0.508 e. The van der Waals surface area contributed by atoms with Crippen LogP contribution in [-0.4, -0.2) is 22.7 Å². The standard InChI is InChI=1S/C18H21N3O2S/c22-16-9-6-15(7-10-16)8-11-17(23)20-21-18(24)19-13-12-14-4-2-1-3-5-14/h1-7,9-10,22H,8,11-13H2,(H,20,23)(H2,19,21,24). The van der Waals surface area contributed by atoms with Gasteiger partial charge in [0.25, 0.3) is 0 Å². The lowest BCUT2D eigenvalue weighted by Crippen LogP contribution is -2.47. The van der Waals surface area contributed by atoms with Crippen molar-refractivity contribution in [3.05, 3.63) is 65.7 Å². The molecule has 24 heavy (non-hydrogen) atoms. The predicted octanol–water partition coefficient (Wildman–Crippen LogP) is 2.06. The monoisotopic (exact) mass is 343 g/mol. The Hall–Kier alpha value is -2.60. The molecule has 2 aromatic rings. The van der Waals surface area contributed by atoms with Gasteiger partial charge in [0.05, 0.1) is 0 Å². The Balaban J connectivity index is 1.59. The zero-order valence-electron chi connectivity index (χ0n) is 13.3. The van der Waals surface area contributed by atoms with E-state index in [9.17, 15) is 9.90 Å².